The average Bonchev–Trinajstić information content (AvgIpc) is 3.18. The number of nitrogens with zero attached hydrogens (tertiary/aromatic N) is 1. The Morgan fingerprint density at radius 3 is 2.24 bits per heavy atom. The fourth-order valence-corrected chi connectivity index (χ4v) is 3.20. The van der Waals surface area contributed by atoms with E-state index >= 15 is 0 Å². The summed E-state index contributed by atoms with van der Waals surface area (Å²) in [4.78, 5) is 8.39. The van der Waals surface area contributed by atoms with Crippen LogP contribution in [0, 0.1) is 5.92 Å². The Bertz CT molecular complexity index is 718. The molecule has 2 heterocycles. The number of nitrogens with one attached hydrogen (secondary N) is 2. The van der Waals surface area contributed by atoms with Crippen molar-refractivity contribution in [2.24, 2.45) is 5.92 Å². The molecule has 1 aromatic heterocycles. The normalized spacial score (nSPS) is 14.6. The van der Waals surface area contributed by atoms with Crippen LogP contribution in [0.5, 0.6) is 0 Å². The molecule has 0 bridgehead atoms. The molecular formula is C21H25N3S. The summed E-state index contributed by atoms with van der Waals surface area (Å²) in [7, 11) is 0. The van der Waals surface area contributed by atoms with Gasteiger partial charge in [0, 0.05) is 23.7 Å². The first-order chi connectivity index (χ1) is 12.3. The number of thiol groups is 1. The lowest BCUT2D eigenvalue weighted by Crippen LogP contribution is -2.28. The van der Waals surface area contributed by atoms with E-state index in [0.717, 1.165) is 23.1 Å². The first-order valence-corrected chi connectivity index (χ1v) is 9.29. The number of piperidine rings is 1. The number of hydrogen-bond donors (Lipinski definition) is 3. The lowest BCUT2D eigenvalue weighted by molar-refractivity contribution is 0.368. The van der Waals surface area contributed by atoms with Crippen LogP contribution in [-0.2, 0) is 6.42 Å². The Kier molecular flexibility index (Phi) is 6.71. The standard InChI is InChI=1S/C12H10S.C9H15N3/c13-12-8-6-11(7-9-12)10-4-2-1-3-5-10;1-3-10-4-2-8(1)7-9-11-5-6-12-9/h1-9,13H;5-6,8,10H,1-4,7H2,(H,11,12). The number of imidazole rings is 1. The second kappa shape index (κ2) is 9.44. The Morgan fingerprint density at radius 2 is 1.60 bits per heavy atom. The maximum Gasteiger partial charge on any atom is 0.106 e. The second-order valence-corrected chi connectivity index (χ2v) is 6.86. The van der Waals surface area contributed by atoms with Crippen molar-refractivity contribution < 1.29 is 0 Å². The fraction of sp³-hybridized carbons (Fsp3) is 0.286. The quantitative estimate of drug-likeness (QED) is 0.604. The van der Waals surface area contributed by atoms with Crippen molar-refractivity contribution in [3.05, 3.63) is 72.8 Å². The molecule has 0 spiro atoms. The van der Waals surface area contributed by atoms with Crippen LogP contribution in [0.25, 0.3) is 11.1 Å². The molecule has 0 aliphatic carbocycles. The zero-order chi connectivity index (χ0) is 17.3. The van der Waals surface area contributed by atoms with Crippen LogP contribution in [0.1, 0.15) is 18.7 Å². The number of H-pyrrole nitrogens is 1. The van der Waals surface area contributed by atoms with Crippen molar-refractivity contribution in [2.45, 2.75) is 24.2 Å². The van der Waals surface area contributed by atoms with Gasteiger partial charge in [-0.15, -0.1) is 12.6 Å². The molecule has 2 N–H and O–H groups in total. The van der Waals surface area contributed by atoms with Gasteiger partial charge in [0.05, 0.1) is 0 Å². The summed E-state index contributed by atoms with van der Waals surface area (Å²) < 4.78 is 0. The number of aromatic nitrogens is 2. The molecule has 1 fully saturated rings. The van der Waals surface area contributed by atoms with Crippen LogP contribution in [0.4, 0.5) is 0 Å². The molecule has 1 saturated heterocycles. The highest BCUT2D eigenvalue weighted by Crippen LogP contribution is 2.20. The van der Waals surface area contributed by atoms with Crippen LogP contribution in [0.15, 0.2) is 71.9 Å². The van der Waals surface area contributed by atoms with Crippen LogP contribution in [-0.4, -0.2) is 23.1 Å². The van der Waals surface area contributed by atoms with E-state index < -0.39 is 0 Å². The molecule has 4 rings (SSSR count). The average molecular weight is 352 g/mol. The van der Waals surface area contributed by atoms with Gasteiger partial charge in [-0.05, 0) is 55.1 Å². The van der Waals surface area contributed by atoms with Crippen LogP contribution in [0.2, 0.25) is 0 Å². The number of hydrogen-bond acceptors (Lipinski definition) is 3. The van der Waals surface area contributed by atoms with Gasteiger partial charge in [0.25, 0.3) is 0 Å². The molecule has 130 valence electrons. The van der Waals surface area contributed by atoms with Crippen molar-refractivity contribution >= 4 is 12.6 Å². The third kappa shape index (κ3) is 5.76. The lowest BCUT2D eigenvalue weighted by atomic mass is 9.94. The van der Waals surface area contributed by atoms with Gasteiger partial charge < -0.3 is 10.3 Å². The molecule has 2 aromatic carbocycles. The minimum absolute atomic E-state index is 0.831. The highest BCUT2D eigenvalue weighted by molar-refractivity contribution is 7.80. The molecule has 1 aliphatic heterocycles. The van der Waals surface area contributed by atoms with Crippen molar-refractivity contribution in [2.75, 3.05) is 13.1 Å². The van der Waals surface area contributed by atoms with Crippen molar-refractivity contribution in [3.8, 4) is 11.1 Å². The Hall–Kier alpha value is -2.04. The minimum Gasteiger partial charge on any atom is -0.349 e. The molecule has 4 heteroatoms. The summed E-state index contributed by atoms with van der Waals surface area (Å²) in [6.45, 7) is 2.34. The Morgan fingerprint density at radius 1 is 0.920 bits per heavy atom. The second-order valence-electron chi connectivity index (χ2n) is 6.35. The Labute approximate surface area is 155 Å². The van der Waals surface area contributed by atoms with Crippen LogP contribution in [0.3, 0.4) is 0 Å². The van der Waals surface area contributed by atoms with E-state index in [4.69, 9.17) is 0 Å². The van der Waals surface area contributed by atoms with Gasteiger partial charge in [0.15, 0.2) is 0 Å². The van der Waals surface area contributed by atoms with Gasteiger partial charge in [0.1, 0.15) is 5.82 Å². The number of benzene rings is 2. The molecule has 3 nitrogen and oxygen atoms in total. The zero-order valence-electron chi connectivity index (χ0n) is 14.4. The molecule has 0 saturated carbocycles. The van der Waals surface area contributed by atoms with Crippen LogP contribution < -0.4 is 5.32 Å². The predicted molar refractivity (Wildman–Crippen MR) is 107 cm³/mol. The molecule has 0 radical (unpaired) electrons. The third-order valence-electron chi connectivity index (χ3n) is 4.47. The van der Waals surface area contributed by atoms with Gasteiger partial charge in [-0.1, -0.05) is 42.5 Å². The third-order valence-corrected chi connectivity index (χ3v) is 4.77. The van der Waals surface area contributed by atoms with E-state index in [0.29, 0.717) is 0 Å². The van der Waals surface area contributed by atoms with Crippen molar-refractivity contribution in [3.63, 3.8) is 0 Å². The summed E-state index contributed by atoms with van der Waals surface area (Å²) in [5.74, 6) is 1.97. The minimum atomic E-state index is 0.831. The summed E-state index contributed by atoms with van der Waals surface area (Å²) in [6, 6.07) is 18.5. The highest BCUT2D eigenvalue weighted by atomic mass is 32.1. The van der Waals surface area contributed by atoms with E-state index in [2.05, 4.69) is 52.2 Å². The maximum atomic E-state index is 4.24. The summed E-state index contributed by atoms with van der Waals surface area (Å²) in [5.41, 5.74) is 2.48. The topological polar surface area (TPSA) is 40.7 Å². The summed E-state index contributed by atoms with van der Waals surface area (Å²) >= 11 is 4.24. The molecule has 25 heavy (non-hydrogen) atoms. The van der Waals surface area contributed by atoms with E-state index in [9.17, 15) is 0 Å². The molecule has 3 aromatic rings. The zero-order valence-corrected chi connectivity index (χ0v) is 15.3. The van der Waals surface area contributed by atoms with Gasteiger partial charge in [-0.25, -0.2) is 4.98 Å². The van der Waals surface area contributed by atoms with Crippen LogP contribution >= 0.6 is 12.6 Å². The van der Waals surface area contributed by atoms with E-state index in [1.807, 2.05) is 42.7 Å². The van der Waals surface area contributed by atoms with Gasteiger partial charge in [0.2, 0.25) is 0 Å². The van der Waals surface area contributed by atoms with E-state index in [-0.39, 0.29) is 0 Å². The van der Waals surface area contributed by atoms with Gasteiger partial charge in [-0.3, -0.25) is 0 Å². The first-order valence-electron chi connectivity index (χ1n) is 8.84. The maximum absolute atomic E-state index is 4.24. The van der Waals surface area contributed by atoms with E-state index in [1.54, 1.807) is 0 Å². The first kappa shape index (κ1) is 17.8. The molecule has 0 amide bonds. The fourth-order valence-electron chi connectivity index (χ4n) is 3.05. The summed E-state index contributed by atoms with van der Waals surface area (Å²) in [5, 5.41) is 3.36. The number of aromatic amines is 1. The molecular weight excluding hydrogens is 326 g/mol. The van der Waals surface area contributed by atoms with Crippen molar-refractivity contribution in [1.82, 2.24) is 15.3 Å². The monoisotopic (exact) mass is 351 g/mol. The smallest absolute Gasteiger partial charge is 0.106 e. The highest BCUT2D eigenvalue weighted by Gasteiger charge is 2.13. The largest absolute Gasteiger partial charge is 0.349 e. The van der Waals surface area contributed by atoms with Gasteiger partial charge in [-0.2, -0.15) is 0 Å². The Balaban J connectivity index is 0.000000146. The predicted octanol–water partition coefficient (Wildman–Crippen LogP) is 4.59. The molecule has 1 aliphatic rings. The number of rotatable bonds is 3. The molecule has 0 atom stereocenters. The van der Waals surface area contributed by atoms with Gasteiger partial charge >= 0.3 is 0 Å². The summed E-state index contributed by atoms with van der Waals surface area (Å²) in [6.07, 6.45) is 7.43. The van der Waals surface area contributed by atoms with Crippen molar-refractivity contribution in [1.29, 1.82) is 0 Å². The van der Waals surface area contributed by atoms with E-state index in [1.165, 1.54) is 37.1 Å². The lowest BCUT2D eigenvalue weighted by Gasteiger charge is -2.21. The molecule has 0 unspecified atom stereocenters. The SMILES string of the molecule is Sc1ccc(-c2ccccc2)cc1.c1c[nH]c(CC2CCNCC2)n1.